The van der Waals surface area contributed by atoms with Crippen molar-refractivity contribution in [2.24, 2.45) is 0 Å². The number of anilines is 1. The molecule has 0 aliphatic heterocycles. The van der Waals surface area contributed by atoms with Gasteiger partial charge in [0.25, 0.3) is 0 Å². The Labute approximate surface area is 134 Å². The van der Waals surface area contributed by atoms with Gasteiger partial charge in [-0.2, -0.15) is 0 Å². The molecule has 0 aliphatic carbocycles. The molecule has 19 heavy (non-hydrogen) atoms. The molecule has 0 atom stereocenters. The van der Waals surface area contributed by atoms with E-state index >= 15 is 0 Å². The lowest BCUT2D eigenvalue weighted by atomic mass is 10.2. The van der Waals surface area contributed by atoms with Crippen LogP contribution in [0.25, 0.3) is 11.4 Å². The minimum absolute atomic E-state index is 0.652. The van der Waals surface area contributed by atoms with Crippen molar-refractivity contribution in [1.82, 2.24) is 9.97 Å². The summed E-state index contributed by atoms with van der Waals surface area (Å²) >= 11 is 13.1. The van der Waals surface area contributed by atoms with E-state index in [1.165, 1.54) is 0 Å². The smallest absolute Gasteiger partial charge is 0.163 e. The van der Waals surface area contributed by atoms with Gasteiger partial charge in [0, 0.05) is 22.1 Å². The monoisotopic (exact) mass is 403 g/mol. The van der Waals surface area contributed by atoms with E-state index in [-0.39, 0.29) is 0 Å². The number of hydrogen-bond acceptors (Lipinski definition) is 3. The number of nitrogens with zero attached hydrogens (tertiary/aromatic N) is 2. The van der Waals surface area contributed by atoms with Gasteiger partial charge in [-0.05, 0) is 40.5 Å². The highest BCUT2D eigenvalue weighted by molar-refractivity contribution is 9.11. The van der Waals surface area contributed by atoms with Crippen LogP contribution in [0, 0.1) is 0 Å². The quantitative estimate of drug-likeness (QED) is 0.787. The van der Waals surface area contributed by atoms with Crippen LogP contribution in [0.2, 0.25) is 5.02 Å². The molecule has 0 saturated heterocycles. The summed E-state index contributed by atoms with van der Waals surface area (Å²) in [5, 5.41) is 3.73. The molecule has 0 saturated carbocycles. The highest BCUT2D eigenvalue weighted by atomic mass is 79.9. The third-order valence-corrected chi connectivity index (χ3v) is 4.42. The largest absolute Gasteiger partial charge is 0.372 e. The Balaban J connectivity index is 2.65. The van der Waals surface area contributed by atoms with Gasteiger partial charge in [-0.25, -0.2) is 9.97 Å². The lowest BCUT2D eigenvalue weighted by molar-refractivity contribution is 0.991. The Hall–Kier alpha value is -0.650. The van der Waals surface area contributed by atoms with E-state index in [1.807, 2.05) is 25.2 Å². The molecule has 3 nitrogen and oxygen atoms in total. The van der Waals surface area contributed by atoms with Crippen LogP contribution in [0.15, 0.2) is 27.1 Å². The molecule has 1 heterocycles. The summed E-state index contributed by atoms with van der Waals surface area (Å²) in [5.74, 6) is 1.42. The minimum Gasteiger partial charge on any atom is -0.372 e. The van der Waals surface area contributed by atoms with Crippen LogP contribution in [0.4, 0.5) is 5.82 Å². The van der Waals surface area contributed by atoms with Gasteiger partial charge in [-0.3, -0.25) is 0 Å². The van der Waals surface area contributed by atoms with Crippen LogP contribution in [0.5, 0.6) is 0 Å². The highest BCUT2D eigenvalue weighted by Crippen LogP contribution is 2.32. The molecular formula is C13H12Br2ClN3. The maximum Gasteiger partial charge on any atom is 0.163 e. The van der Waals surface area contributed by atoms with Crippen molar-refractivity contribution in [3.63, 3.8) is 0 Å². The van der Waals surface area contributed by atoms with Gasteiger partial charge in [0.1, 0.15) is 5.82 Å². The van der Waals surface area contributed by atoms with Crippen molar-refractivity contribution in [2.45, 2.75) is 13.3 Å². The summed E-state index contributed by atoms with van der Waals surface area (Å²) in [6, 6.07) is 5.58. The Morgan fingerprint density at radius 2 is 2.00 bits per heavy atom. The second-order valence-corrected chi connectivity index (χ2v) is 5.97. The Morgan fingerprint density at radius 3 is 2.63 bits per heavy atom. The summed E-state index contributed by atoms with van der Waals surface area (Å²) in [7, 11) is 1.84. The number of nitrogens with one attached hydrogen (secondary N) is 1. The summed E-state index contributed by atoms with van der Waals surface area (Å²) < 4.78 is 1.82. The molecular weight excluding hydrogens is 393 g/mol. The molecule has 0 bridgehead atoms. The van der Waals surface area contributed by atoms with Gasteiger partial charge in [0.15, 0.2) is 5.82 Å². The zero-order valence-electron chi connectivity index (χ0n) is 10.5. The zero-order chi connectivity index (χ0) is 14.0. The summed E-state index contributed by atoms with van der Waals surface area (Å²) in [6.07, 6.45) is 0.822. The molecule has 1 aromatic heterocycles. The number of aryl methyl sites for hydroxylation is 1. The molecule has 0 radical (unpaired) electrons. The van der Waals surface area contributed by atoms with Crippen molar-refractivity contribution in [2.75, 3.05) is 12.4 Å². The number of rotatable bonds is 3. The third kappa shape index (κ3) is 3.09. The summed E-state index contributed by atoms with van der Waals surface area (Å²) in [6.45, 7) is 2.06. The highest BCUT2D eigenvalue weighted by Gasteiger charge is 2.13. The van der Waals surface area contributed by atoms with Gasteiger partial charge in [0.05, 0.1) is 10.2 Å². The molecule has 0 aliphatic rings. The molecule has 2 aromatic rings. The Kier molecular flexibility index (Phi) is 4.81. The van der Waals surface area contributed by atoms with Crippen molar-refractivity contribution >= 4 is 49.3 Å². The van der Waals surface area contributed by atoms with E-state index in [0.29, 0.717) is 10.8 Å². The van der Waals surface area contributed by atoms with E-state index in [0.717, 1.165) is 32.4 Å². The molecule has 2 rings (SSSR count). The van der Waals surface area contributed by atoms with E-state index in [9.17, 15) is 0 Å². The van der Waals surface area contributed by atoms with Crippen molar-refractivity contribution in [3.8, 4) is 11.4 Å². The number of aromatic nitrogens is 2. The molecule has 1 N–H and O–H groups in total. The Morgan fingerprint density at radius 1 is 1.26 bits per heavy atom. The third-order valence-electron chi connectivity index (χ3n) is 2.66. The number of hydrogen-bond donors (Lipinski definition) is 1. The zero-order valence-corrected chi connectivity index (χ0v) is 14.4. The van der Waals surface area contributed by atoms with Gasteiger partial charge < -0.3 is 5.32 Å². The van der Waals surface area contributed by atoms with E-state index in [1.54, 1.807) is 0 Å². The van der Waals surface area contributed by atoms with E-state index in [2.05, 4.69) is 54.1 Å². The van der Waals surface area contributed by atoms with Crippen LogP contribution < -0.4 is 5.32 Å². The first kappa shape index (κ1) is 14.8. The maximum atomic E-state index is 6.04. The fourth-order valence-corrected chi connectivity index (χ4v) is 2.93. The maximum absolute atomic E-state index is 6.04. The van der Waals surface area contributed by atoms with E-state index in [4.69, 9.17) is 11.6 Å². The molecule has 1 aromatic carbocycles. The average molecular weight is 406 g/mol. The van der Waals surface area contributed by atoms with Crippen LogP contribution in [0.1, 0.15) is 12.6 Å². The predicted octanol–water partition coefficient (Wildman–Crippen LogP) is 4.93. The molecule has 0 amide bonds. The van der Waals surface area contributed by atoms with Gasteiger partial charge in [-0.15, -0.1) is 0 Å². The summed E-state index contributed by atoms with van der Waals surface area (Å²) in [5.41, 5.74) is 1.84. The molecule has 0 fully saturated rings. The van der Waals surface area contributed by atoms with E-state index < -0.39 is 0 Å². The first-order chi connectivity index (χ1) is 9.06. The first-order valence-corrected chi connectivity index (χ1v) is 7.72. The molecule has 6 heteroatoms. The van der Waals surface area contributed by atoms with Gasteiger partial charge >= 0.3 is 0 Å². The minimum atomic E-state index is 0.652. The summed E-state index contributed by atoms with van der Waals surface area (Å²) in [4.78, 5) is 9.10. The van der Waals surface area contributed by atoms with Crippen LogP contribution in [-0.2, 0) is 6.42 Å². The lowest BCUT2D eigenvalue weighted by Gasteiger charge is -2.11. The SMILES string of the molecule is CCc1nc(-c2cc(Cl)ccc2Br)nc(NC)c1Br. The van der Waals surface area contributed by atoms with Gasteiger partial charge in [0.2, 0.25) is 0 Å². The van der Waals surface area contributed by atoms with Crippen LogP contribution >= 0.6 is 43.5 Å². The van der Waals surface area contributed by atoms with Crippen LogP contribution in [-0.4, -0.2) is 17.0 Å². The molecule has 0 spiro atoms. The fourth-order valence-electron chi connectivity index (χ4n) is 1.68. The fraction of sp³-hybridized carbons (Fsp3) is 0.231. The second-order valence-electron chi connectivity index (χ2n) is 3.88. The van der Waals surface area contributed by atoms with Crippen molar-refractivity contribution in [1.29, 1.82) is 0 Å². The number of halogens is 3. The second kappa shape index (κ2) is 6.20. The lowest BCUT2D eigenvalue weighted by Crippen LogP contribution is -2.03. The average Bonchev–Trinajstić information content (AvgIpc) is 2.42. The predicted molar refractivity (Wildman–Crippen MR) is 86.8 cm³/mol. The van der Waals surface area contributed by atoms with Crippen molar-refractivity contribution < 1.29 is 0 Å². The standard InChI is InChI=1S/C13H12Br2ClN3/c1-3-10-11(15)13(17-2)19-12(18-10)8-6-7(16)4-5-9(8)14/h4-6H,3H2,1-2H3,(H,17,18,19). The van der Waals surface area contributed by atoms with Gasteiger partial charge in [-0.1, -0.05) is 34.5 Å². The van der Waals surface area contributed by atoms with Crippen LogP contribution in [0.3, 0.4) is 0 Å². The first-order valence-electron chi connectivity index (χ1n) is 5.76. The molecule has 0 unspecified atom stereocenters. The molecule has 100 valence electrons. The van der Waals surface area contributed by atoms with Crippen molar-refractivity contribution in [3.05, 3.63) is 37.9 Å². The topological polar surface area (TPSA) is 37.8 Å². The normalized spacial score (nSPS) is 10.6. The Bertz CT molecular complexity index is 592. The number of benzene rings is 1.